The van der Waals surface area contributed by atoms with Crippen molar-refractivity contribution in [1.82, 2.24) is 14.8 Å². The molecule has 0 aliphatic carbocycles. The van der Waals surface area contributed by atoms with Gasteiger partial charge in [-0.1, -0.05) is 24.1 Å². The molecule has 2 heterocycles. The van der Waals surface area contributed by atoms with Gasteiger partial charge >= 0.3 is 0 Å². The first-order valence-electron chi connectivity index (χ1n) is 8.63. The van der Waals surface area contributed by atoms with E-state index in [1.54, 1.807) is 0 Å². The Morgan fingerprint density at radius 2 is 1.96 bits per heavy atom. The maximum absolute atomic E-state index is 12.2. The fourth-order valence-electron chi connectivity index (χ4n) is 3.20. The molecule has 0 bridgehead atoms. The predicted octanol–water partition coefficient (Wildman–Crippen LogP) is 3.28. The van der Waals surface area contributed by atoms with Crippen LogP contribution in [0.25, 0.3) is 5.69 Å². The van der Waals surface area contributed by atoms with Crippen LogP contribution in [0.15, 0.2) is 42.6 Å². The Balaban J connectivity index is 1.52. The number of halogens is 1. The van der Waals surface area contributed by atoms with Gasteiger partial charge in [-0.05, 0) is 56.3 Å². The number of carbonyl (C=O) groups excluding carboxylic acids is 1. The van der Waals surface area contributed by atoms with Gasteiger partial charge in [-0.2, -0.15) is 0 Å². The summed E-state index contributed by atoms with van der Waals surface area (Å²) in [6, 6.07) is 11.6. The Bertz CT molecular complexity index is 677. The maximum Gasteiger partial charge on any atom is 0.225 e. The summed E-state index contributed by atoms with van der Waals surface area (Å²) in [5.41, 5.74) is 1.94. The number of likely N-dealkylation sites (tertiary alicyclic amines) is 1. The van der Waals surface area contributed by atoms with Crippen LogP contribution in [-0.2, 0) is 11.2 Å². The Hall–Kier alpha value is -1.78. The van der Waals surface area contributed by atoms with Gasteiger partial charge in [-0.3, -0.25) is 4.79 Å². The molecule has 1 aliphatic heterocycles. The van der Waals surface area contributed by atoms with Crippen LogP contribution in [0.3, 0.4) is 0 Å². The molecule has 0 saturated carbocycles. The first kappa shape index (κ1) is 17.1. The molecule has 2 aromatic rings. The van der Waals surface area contributed by atoms with Crippen LogP contribution in [0.4, 0.5) is 0 Å². The van der Waals surface area contributed by atoms with Crippen molar-refractivity contribution in [1.29, 1.82) is 0 Å². The topological polar surface area (TPSA) is 37.3 Å². The summed E-state index contributed by atoms with van der Waals surface area (Å²) in [6.45, 7) is 3.98. The molecule has 0 atom stereocenters. The molecule has 128 valence electrons. The fourth-order valence-corrected chi connectivity index (χ4v) is 3.39. The molecule has 1 N–H and O–H groups in total. The Labute approximate surface area is 148 Å². The van der Waals surface area contributed by atoms with Crippen molar-refractivity contribution in [3.8, 4) is 5.69 Å². The summed E-state index contributed by atoms with van der Waals surface area (Å²) >= 11 is 6.06. The van der Waals surface area contributed by atoms with Crippen LogP contribution in [0.1, 0.15) is 25.0 Å². The highest BCUT2D eigenvalue weighted by Gasteiger charge is 2.11. The summed E-state index contributed by atoms with van der Waals surface area (Å²) in [5.74, 6) is 0.0639. The van der Waals surface area contributed by atoms with Crippen molar-refractivity contribution in [3.05, 3.63) is 53.3 Å². The summed E-state index contributed by atoms with van der Waals surface area (Å²) < 4.78 is 2.01. The van der Waals surface area contributed by atoms with Crippen molar-refractivity contribution in [2.75, 3.05) is 26.2 Å². The van der Waals surface area contributed by atoms with Crippen molar-refractivity contribution < 1.29 is 4.79 Å². The summed E-state index contributed by atoms with van der Waals surface area (Å²) in [6.07, 6.45) is 6.23. The molecule has 5 heteroatoms. The van der Waals surface area contributed by atoms with Gasteiger partial charge < -0.3 is 14.8 Å². The fraction of sp³-hybridized carbons (Fsp3) is 0.421. The SMILES string of the molecule is O=C(Cc1cccn1-c1cccc(Cl)c1)NCCN1CCCCC1. The Morgan fingerprint density at radius 3 is 2.75 bits per heavy atom. The lowest BCUT2D eigenvalue weighted by atomic mass is 10.1. The normalized spacial score (nSPS) is 15.4. The highest BCUT2D eigenvalue weighted by molar-refractivity contribution is 6.30. The van der Waals surface area contributed by atoms with Crippen LogP contribution in [0, 0.1) is 0 Å². The van der Waals surface area contributed by atoms with Gasteiger partial charge in [0.1, 0.15) is 0 Å². The number of nitrogens with one attached hydrogen (secondary N) is 1. The predicted molar refractivity (Wildman–Crippen MR) is 97.8 cm³/mol. The first-order valence-corrected chi connectivity index (χ1v) is 9.01. The average Bonchev–Trinajstić information content (AvgIpc) is 3.04. The number of hydrogen-bond acceptors (Lipinski definition) is 2. The van der Waals surface area contributed by atoms with Crippen molar-refractivity contribution in [3.63, 3.8) is 0 Å². The van der Waals surface area contributed by atoms with Gasteiger partial charge in [0.2, 0.25) is 5.91 Å². The number of nitrogens with zero attached hydrogens (tertiary/aromatic N) is 2. The number of aromatic nitrogens is 1. The minimum atomic E-state index is 0.0639. The molecule has 1 saturated heterocycles. The van der Waals surface area contributed by atoms with E-state index in [-0.39, 0.29) is 5.91 Å². The van der Waals surface area contributed by atoms with Crippen molar-refractivity contribution in [2.45, 2.75) is 25.7 Å². The lowest BCUT2D eigenvalue weighted by molar-refractivity contribution is -0.120. The van der Waals surface area contributed by atoms with E-state index in [4.69, 9.17) is 11.6 Å². The molecule has 1 fully saturated rings. The van der Waals surface area contributed by atoms with E-state index in [2.05, 4.69) is 10.2 Å². The zero-order chi connectivity index (χ0) is 16.8. The molecule has 24 heavy (non-hydrogen) atoms. The largest absolute Gasteiger partial charge is 0.354 e. The molecule has 4 nitrogen and oxygen atoms in total. The van der Waals surface area contributed by atoms with E-state index < -0.39 is 0 Å². The third-order valence-corrected chi connectivity index (χ3v) is 4.70. The van der Waals surface area contributed by atoms with Crippen LogP contribution in [0.5, 0.6) is 0 Å². The highest BCUT2D eigenvalue weighted by atomic mass is 35.5. The second-order valence-electron chi connectivity index (χ2n) is 6.28. The van der Waals surface area contributed by atoms with Crippen LogP contribution in [0.2, 0.25) is 5.02 Å². The van der Waals surface area contributed by atoms with E-state index in [1.807, 2.05) is 47.2 Å². The number of carbonyl (C=O) groups is 1. The van der Waals surface area contributed by atoms with E-state index >= 15 is 0 Å². The molecule has 0 radical (unpaired) electrons. The molecule has 0 spiro atoms. The van der Waals surface area contributed by atoms with Gasteiger partial charge in [0.15, 0.2) is 0 Å². The van der Waals surface area contributed by atoms with Crippen molar-refractivity contribution >= 4 is 17.5 Å². The van der Waals surface area contributed by atoms with E-state index in [9.17, 15) is 4.79 Å². The zero-order valence-electron chi connectivity index (χ0n) is 13.9. The Kier molecular flexibility index (Phi) is 5.94. The lowest BCUT2D eigenvalue weighted by Crippen LogP contribution is -2.38. The standard InChI is InChI=1S/C19H24ClN3O/c20-16-6-4-7-17(14-16)23-12-5-8-18(23)15-19(24)21-9-13-22-10-2-1-3-11-22/h4-8,12,14H,1-3,9-11,13,15H2,(H,21,24). The average molecular weight is 346 g/mol. The quantitative estimate of drug-likeness (QED) is 0.872. The summed E-state index contributed by atoms with van der Waals surface area (Å²) in [4.78, 5) is 14.7. The van der Waals surface area contributed by atoms with Gasteiger partial charge in [-0.25, -0.2) is 0 Å². The summed E-state index contributed by atoms with van der Waals surface area (Å²) in [5, 5.41) is 3.73. The van der Waals surface area contributed by atoms with Gasteiger partial charge in [0, 0.05) is 35.7 Å². The Morgan fingerprint density at radius 1 is 1.12 bits per heavy atom. The number of hydrogen-bond donors (Lipinski definition) is 1. The molecule has 1 aromatic carbocycles. The molecule has 3 rings (SSSR count). The van der Waals surface area contributed by atoms with Crippen LogP contribution in [-0.4, -0.2) is 41.6 Å². The van der Waals surface area contributed by atoms with Crippen LogP contribution >= 0.6 is 11.6 Å². The third-order valence-electron chi connectivity index (χ3n) is 4.46. The van der Waals surface area contributed by atoms with E-state index in [1.165, 1.54) is 19.3 Å². The second-order valence-corrected chi connectivity index (χ2v) is 6.71. The van der Waals surface area contributed by atoms with Gasteiger partial charge in [0.25, 0.3) is 0 Å². The number of rotatable bonds is 6. The summed E-state index contributed by atoms with van der Waals surface area (Å²) in [7, 11) is 0. The highest BCUT2D eigenvalue weighted by Crippen LogP contribution is 2.17. The van der Waals surface area contributed by atoms with Gasteiger partial charge in [-0.15, -0.1) is 0 Å². The number of piperidine rings is 1. The first-order chi connectivity index (χ1) is 11.7. The number of benzene rings is 1. The molecular weight excluding hydrogens is 322 g/mol. The van der Waals surface area contributed by atoms with E-state index in [0.29, 0.717) is 11.4 Å². The number of amides is 1. The molecule has 1 aliphatic rings. The van der Waals surface area contributed by atoms with Crippen LogP contribution < -0.4 is 5.32 Å². The molecule has 0 unspecified atom stereocenters. The minimum absolute atomic E-state index is 0.0639. The molecule has 1 amide bonds. The maximum atomic E-state index is 12.2. The third kappa shape index (κ3) is 4.62. The van der Waals surface area contributed by atoms with E-state index in [0.717, 1.165) is 37.6 Å². The second kappa shape index (κ2) is 8.36. The molecular formula is C19H24ClN3O. The van der Waals surface area contributed by atoms with Crippen molar-refractivity contribution in [2.24, 2.45) is 0 Å². The smallest absolute Gasteiger partial charge is 0.225 e. The lowest BCUT2D eigenvalue weighted by Gasteiger charge is -2.26. The van der Waals surface area contributed by atoms with Gasteiger partial charge in [0.05, 0.1) is 6.42 Å². The molecule has 1 aromatic heterocycles. The zero-order valence-corrected chi connectivity index (χ0v) is 14.6. The monoisotopic (exact) mass is 345 g/mol. The minimum Gasteiger partial charge on any atom is -0.354 e.